The normalized spacial score (nSPS) is 22.2. The van der Waals surface area contributed by atoms with E-state index in [4.69, 9.17) is 10.5 Å². The number of ether oxygens (including phenoxy) is 1. The van der Waals surface area contributed by atoms with E-state index in [1.807, 2.05) is 6.92 Å². The Labute approximate surface area is 127 Å². The van der Waals surface area contributed by atoms with E-state index in [0.717, 1.165) is 19.5 Å². The first kappa shape index (κ1) is 15.8. The average molecular weight is 290 g/mol. The number of rotatable bonds is 4. The average Bonchev–Trinajstić information content (AvgIpc) is 2.41. The van der Waals surface area contributed by atoms with Gasteiger partial charge in [0.2, 0.25) is 0 Å². The van der Waals surface area contributed by atoms with E-state index in [-0.39, 0.29) is 17.9 Å². The van der Waals surface area contributed by atoms with E-state index in [9.17, 15) is 4.79 Å². The highest BCUT2D eigenvalue weighted by molar-refractivity contribution is 5.69. The largest absolute Gasteiger partial charge is 0.466 e. The summed E-state index contributed by atoms with van der Waals surface area (Å²) in [5.74, 6) is 0.158. The molecule has 1 aliphatic heterocycles. The fraction of sp³-hybridized carbons (Fsp3) is 0.588. The monoisotopic (exact) mass is 290 g/mol. The molecule has 1 aromatic rings. The van der Waals surface area contributed by atoms with Crippen molar-refractivity contribution in [1.82, 2.24) is 0 Å². The summed E-state index contributed by atoms with van der Waals surface area (Å²) in [6, 6.07) is 6.60. The fourth-order valence-corrected chi connectivity index (χ4v) is 2.98. The van der Waals surface area contributed by atoms with Gasteiger partial charge in [-0.05, 0) is 56.4 Å². The number of nitrogens with zero attached hydrogens (tertiary/aromatic N) is 1. The van der Waals surface area contributed by atoms with E-state index < -0.39 is 0 Å². The molecule has 0 aliphatic carbocycles. The Morgan fingerprint density at radius 2 is 2.10 bits per heavy atom. The highest BCUT2D eigenvalue weighted by Gasteiger charge is 2.27. The Morgan fingerprint density at radius 1 is 1.33 bits per heavy atom. The molecule has 1 saturated heterocycles. The van der Waals surface area contributed by atoms with E-state index in [1.165, 1.54) is 16.8 Å². The molecule has 1 aliphatic rings. The predicted octanol–water partition coefficient (Wildman–Crippen LogP) is 2.41. The van der Waals surface area contributed by atoms with Gasteiger partial charge in [-0.3, -0.25) is 4.79 Å². The van der Waals surface area contributed by atoms with E-state index >= 15 is 0 Å². The van der Waals surface area contributed by atoms with Crippen molar-refractivity contribution in [1.29, 1.82) is 0 Å². The topological polar surface area (TPSA) is 55.6 Å². The zero-order valence-corrected chi connectivity index (χ0v) is 13.3. The molecular formula is C17H26N2O2. The maximum absolute atomic E-state index is 11.7. The summed E-state index contributed by atoms with van der Waals surface area (Å²) in [5, 5.41) is 0. The molecule has 1 aromatic carbocycles. The van der Waals surface area contributed by atoms with Gasteiger partial charge >= 0.3 is 5.97 Å². The van der Waals surface area contributed by atoms with Crippen LogP contribution in [-0.4, -0.2) is 31.7 Å². The second kappa shape index (κ2) is 6.94. The Hall–Kier alpha value is -1.55. The number of carbonyl (C=O) groups is 1. The van der Waals surface area contributed by atoms with Crippen molar-refractivity contribution in [3.8, 4) is 0 Å². The van der Waals surface area contributed by atoms with Crippen LogP contribution in [0.15, 0.2) is 18.2 Å². The third-order valence-electron chi connectivity index (χ3n) is 4.19. The number of hydrogen-bond acceptors (Lipinski definition) is 4. The molecule has 2 rings (SSSR count). The number of benzene rings is 1. The summed E-state index contributed by atoms with van der Waals surface area (Å²) in [4.78, 5) is 14.0. The van der Waals surface area contributed by atoms with Crippen molar-refractivity contribution >= 4 is 11.7 Å². The van der Waals surface area contributed by atoms with Gasteiger partial charge in [0, 0.05) is 24.8 Å². The van der Waals surface area contributed by atoms with Crippen molar-refractivity contribution < 1.29 is 9.53 Å². The molecule has 1 fully saturated rings. The first-order valence-electron chi connectivity index (χ1n) is 7.73. The quantitative estimate of drug-likeness (QED) is 0.865. The first-order chi connectivity index (χ1) is 9.99. The minimum Gasteiger partial charge on any atom is -0.466 e. The first-order valence-corrected chi connectivity index (χ1v) is 7.73. The van der Waals surface area contributed by atoms with E-state index in [1.54, 1.807) is 0 Å². The minimum absolute atomic E-state index is 0.111. The molecule has 0 bridgehead atoms. The number of hydrogen-bond donors (Lipinski definition) is 1. The van der Waals surface area contributed by atoms with Gasteiger partial charge < -0.3 is 15.4 Å². The maximum atomic E-state index is 11.7. The van der Waals surface area contributed by atoms with Crippen LogP contribution in [0.5, 0.6) is 0 Å². The molecule has 21 heavy (non-hydrogen) atoms. The van der Waals surface area contributed by atoms with Crippen molar-refractivity contribution in [3.63, 3.8) is 0 Å². The fourth-order valence-electron chi connectivity index (χ4n) is 2.98. The molecule has 116 valence electrons. The number of esters is 1. The second-order valence-corrected chi connectivity index (χ2v) is 6.04. The number of aryl methyl sites for hydroxylation is 2. The third-order valence-corrected chi connectivity index (χ3v) is 4.19. The Kier molecular flexibility index (Phi) is 5.23. The third kappa shape index (κ3) is 4.21. The molecule has 0 radical (unpaired) electrons. The van der Waals surface area contributed by atoms with Gasteiger partial charge in [-0.1, -0.05) is 6.07 Å². The summed E-state index contributed by atoms with van der Waals surface area (Å²) in [7, 11) is 0. The van der Waals surface area contributed by atoms with Gasteiger partial charge in [-0.15, -0.1) is 0 Å². The van der Waals surface area contributed by atoms with Crippen LogP contribution in [0.2, 0.25) is 0 Å². The predicted molar refractivity (Wildman–Crippen MR) is 85.5 cm³/mol. The molecule has 0 aromatic heterocycles. The van der Waals surface area contributed by atoms with Crippen molar-refractivity contribution in [3.05, 3.63) is 29.3 Å². The summed E-state index contributed by atoms with van der Waals surface area (Å²) in [6.45, 7) is 8.24. The number of anilines is 1. The number of piperidine rings is 1. The van der Waals surface area contributed by atoms with Gasteiger partial charge in [0.15, 0.2) is 0 Å². The van der Waals surface area contributed by atoms with Crippen LogP contribution in [0.1, 0.15) is 30.9 Å². The van der Waals surface area contributed by atoms with E-state index in [2.05, 4.69) is 36.9 Å². The lowest BCUT2D eigenvalue weighted by atomic mass is 9.91. The lowest BCUT2D eigenvalue weighted by Crippen LogP contribution is -2.47. The second-order valence-electron chi connectivity index (χ2n) is 6.04. The van der Waals surface area contributed by atoms with Gasteiger partial charge in [0.25, 0.3) is 0 Å². The number of nitrogens with two attached hydrogens (primary N) is 1. The van der Waals surface area contributed by atoms with Crippen LogP contribution in [0.4, 0.5) is 5.69 Å². The van der Waals surface area contributed by atoms with Gasteiger partial charge in [0.1, 0.15) is 0 Å². The van der Waals surface area contributed by atoms with Crippen molar-refractivity contribution in [2.75, 3.05) is 24.6 Å². The van der Waals surface area contributed by atoms with E-state index in [0.29, 0.717) is 13.0 Å². The minimum atomic E-state index is -0.114. The SMILES string of the molecule is CCOC(=O)CC1CC(N)CN(c2ccc(C)c(C)c2)C1. The molecule has 1 heterocycles. The molecular weight excluding hydrogens is 264 g/mol. The summed E-state index contributed by atoms with van der Waals surface area (Å²) < 4.78 is 5.06. The standard InChI is InChI=1S/C17H26N2O2/c1-4-21-17(20)9-14-8-15(18)11-19(10-14)16-6-5-12(2)13(3)7-16/h5-7,14-15H,4,8-11,18H2,1-3H3. The van der Waals surface area contributed by atoms with Crippen molar-refractivity contribution in [2.24, 2.45) is 11.7 Å². The lowest BCUT2D eigenvalue weighted by molar-refractivity contribution is -0.144. The molecule has 0 saturated carbocycles. The zero-order chi connectivity index (χ0) is 15.4. The molecule has 2 atom stereocenters. The Balaban J connectivity index is 2.06. The summed E-state index contributed by atoms with van der Waals surface area (Å²) >= 11 is 0. The summed E-state index contributed by atoms with van der Waals surface area (Å²) in [5.41, 5.74) is 9.95. The zero-order valence-electron chi connectivity index (χ0n) is 13.3. The smallest absolute Gasteiger partial charge is 0.306 e. The highest BCUT2D eigenvalue weighted by Crippen LogP contribution is 2.26. The highest BCUT2D eigenvalue weighted by atomic mass is 16.5. The summed E-state index contributed by atoms with van der Waals surface area (Å²) in [6.07, 6.45) is 1.35. The van der Waals surface area contributed by atoms with Crippen LogP contribution >= 0.6 is 0 Å². The van der Waals surface area contributed by atoms with Crippen LogP contribution in [0.3, 0.4) is 0 Å². The molecule has 4 heteroatoms. The molecule has 2 N–H and O–H groups in total. The maximum Gasteiger partial charge on any atom is 0.306 e. The Bertz CT molecular complexity index is 502. The van der Waals surface area contributed by atoms with Gasteiger partial charge in [0.05, 0.1) is 13.0 Å². The molecule has 0 amide bonds. The van der Waals surface area contributed by atoms with Crippen LogP contribution in [-0.2, 0) is 9.53 Å². The Morgan fingerprint density at radius 3 is 2.76 bits per heavy atom. The van der Waals surface area contributed by atoms with Crippen LogP contribution in [0.25, 0.3) is 0 Å². The van der Waals surface area contributed by atoms with Crippen LogP contribution in [0, 0.1) is 19.8 Å². The van der Waals surface area contributed by atoms with Gasteiger partial charge in [-0.25, -0.2) is 0 Å². The number of carbonyl (C=O) groups excluding carboxylic acids is 1. The van der Waals surface area contributed by atoms with Gasteiger partial charge in [-0.2, -0.15) is 0 Å². The molecule has 4 nitrogen and oxygen atoms in total. The van der Waals surface area contributed by atoms with Crippen LogP contribution < -0.4 is 10.6 Å². The molecule has 0 spiro atoms. The molecule has 2 unspecified atom stereocenters. The van der Waals surface area contributed by atoms with Crippen molar-refractivity contribution in [2.45, 2.75) is 39.7 Å². The lowest BCUT2D eigenvalue weighted by Gasteiger charge is -2.37.